The smallest absolute Gasteiger partial charge is 0.296 e. The van der Waals surface area contributed by atoms with Crippen LogP contribution in [0.3, 0.4) is 0 Å². The van der Waals surface area contributed by atoms with Gasteiger partial charge in [-0.2, -0.15) is 0 Å². The summed E-state index contributed by atoms with van der Waals surface area (Å²) in [5, 5.41) is 9.92. The molecule has 0 N–H and O–H groups in total. The summed E-state index contributed by atoms with van der Waals surface area (Å²) < 4.78 is 25.1. The van der Waals surface area contributed by atoms with Crippen LogP contribution in [0.5, 0.6) is 11.5 Å². The molecule has 1 unspecified atom stereocenters. The molecule has 0 fully saturated rings. The lowest BCUT2D eigenvalue weighted by Gasteiger charge is -2.12. The van der Waals surface area contributed by atoms with E-state index in [9.17, 15) is 14.3 Å². The molecule has 3 rings (SSSR count). The van der Waals surface area contributed by atoms with E-state index in [1.165, 1.54) is 11.7 Å². The molecule has 1 aromatic carbocycles. The molecule has 0 bridgehead atoms. The van der Waals surface area contributed by atoms with Gasteiger partial charge < -0.3 is 9.47 Å². The number of hydrogen-bond donors (Lipinski definition) is 0. The van der Waals surface area contributed by atoms with E-state index in [1.807, 2.05) is 13.8 Å². The first kappa shape index (κ1) is 20.5. The van der Waals surface area contributed by atoms with Gasteiger partial charge in [0, 0.05) is 23.4 Å². The Morgan fingerprint density at radius 1 is 1.24 bits per heavy atom. The fourth-order valence-corrected chi connectivity index (χ4v) is 4.29. The minimum atomic E-state index is -1.64. The number of aromatic nitrogens is 3. The average molecular weight is 420 g/mol. The number of fused-ring (bicyclic) bond motifs is 1. The first-order chi connectivity index (χ1) is 13.8. The average Bonchev–Trinajstić information content (AvgIpc) is 3.06. The maximum atomic E-state index is 13.1. The minimum Gasteiger partial charge on any atom is -0.497 e. The fraction of sp³-hybridized carbons (Fsp3) is 0.333. The van der Waals surface area contributed by atoms with Gasteiger partial charge in [0.25, 0.3) is 5.09 Å². The predicted molar refractivity (Wildman–Crippen MR) is 105 cm³/mol. The maximum absolute atomic E-state index is 13.1. The number of benzene rings is 1. The summed E-state index contributed by atoms with van der Waals surface area (Å²) in [6.07, 6.45) is 1.65. The third-order valence-electron chi connectivity index (χ3n) is 4.43. The van der Waals surface area contributed by atoms with E-state index >= 15 is 0 Å². The van der Waals surface area contributed by atoms with Crippen molar-refractivity contribution in [2.75, 3.05) is 14.2 Å². The van der Waals surface area contributed by atoms with Crippen molar-refractivity contribution < 1.29 is 23.6 Å². The van der Waals surface area contributed by atoms with Crippen molar-refractivity contribution in [3.63, 3.8) is 0 Å². The van der Waals surface area contributed by atoms with Crippen LogP contribution in [-0.4, -0.2) is 38.1 Å². The van der Waals surface area contributed by atoms with Gasteiger partial charge in [0.2, 0.25) is 5.16 Å². The van der Waals surface area contributed by atoms with Gasteiger partial charge in [-0.25, -0.2) is 4.98 Å². The lowest BCUT2D eigenvalue weighted by atomic mass is 10.1. The Hall–Kier alpha value is -3.21. The van der Waals surface area contributed by atoms with Crippen LogP contribution >= 0.6 is 0 Å². The highest BCUT2D eigenvalue weighted by Crippen LogP contribution is 2.27. The van der Waals surface area contributed by atoms with E-state index in [0.29, 0.717) is 28.2 Å². The Labute approximate surface area is 169 Å². The summed E-state index contributed by atoms with van der Waals surface area (Å²) in [7, 11) is 1.45. The molecule has 10 nitrogen and oxygen atoms in total. The predicted octanol–water partition coefficient (Wildman–Crippen LogP) is 2.54. The molecular formula is C18H20N4O6S. The van der Waals surface area contributed by atoms with Gasteiger partial charge in [0.1, 0.15) is 11.5 Å². The molecule has 2 heterocycles. The molecule has 0 spiro atoms. The molecule has 11 heteroatoms. The van der Waals surface area contributed by atoms with Gasteiger partial charge in [0.05, 0.1) is 47.5 Å². The number of hydrogen-bond acceptors (Lipinski definition) is 8. The molecule has 3 aromatic rings. The van der Waals surface area contributed by atoms with E-state index in [2.05, 4.69) is 14.8 Å². The second-order valence-corrected chi connectivity index (χ2v) is 7.54. The van der Waals surface area contributed by atoms with E-state index < -0.39 is 22.6 Å². The second kappa shape index (κ2) is 8.43. The summed E-state index contributed by atoms with van der Waals surface area (Å²) in [4.78, 5) is 24.0. The number of imidazole rings is 1. The topological polar surface area (TPSA) is 119 Å². The van der Waals surface area contributed by atoms with Crippen LogP contribution in [0.15, 0.2) is 29.6 Å². The van der Waals surface area contributed by atoms with Crippen molar-refractivity contribution >= 4 is 21.8 Å². The monoisotopic (exact) mass is 420 g/mol. The summed E-state index contributed by atoms with van der Waals surface area (Å²) >= 11 is 0. The molecular weight excluding hydrogens is 400 g/mol. The number of rotatable bonds is 8. The standard InChI is InChI=1S/C18H20N4O6S/c1-11-8-19-15(12(2)17(11)27-4)9-29(25)18-20-14-7-13(26-3)5-6-16(14)21(18)10-28-22(23)24/h5-8H,9-10H2,1-4H3. The molecule has 0 aliphatic rings. The van der Waals surface area contributed by atoms with Crippen molar-refractivity contribution in [2.24, 2.45) is 0 Å². The third-order valence-corrected chi connectivity index (χ3v) is 5.69. The maximum Gasteiger partial charge on any atom is 0.296 e. The van der Waals surface area contributed by atoms with Crippen LogP contribution in [0.25, 0.3) is 11.0 Å². The van der Waals surface area contributed by atoms with Gasteiger partial charge in [-0.05, 0) is 26.0 Å². The largest absolute Gasteiger partial charge is 0.497 e. The zero-order valence-electron chi connectivity index (χ0n) is 16.4. The Morgan fingerprint density at radius 3 is 2.66 bits per heavy atom. The number of ether oxygens (including phenoxy) is 2. The SMILES string of the molecule is COc1ccc2c(c1)nc(S(=O)Cc1ncc(C)c(OC)c1C)n2CO[N+](=O)[O-]. The summed E-state index contributed by atoms with van der Waals surface area (Å²) in [6, 6.07) is 5.04. The van der Waals surface area contributed by atoms with Crippen molar-refractivity contribution in [1.29, 1.82) is 0 Å². The van der Waals surface area contributed by atoms with E-state index in [4.69, 9.17) is 9.47 Å². The number of aryl methyl sites for hydroxylation is 1. The zero-order chi connectivity index (χ0) is 21.1. The highest BCUT2D eigenvalue weighted by molar-refractivity contribution is 7.84. The van der Waals surface area contributed by atoms with Crippen molar-refractivity contribution in [1.82, 2.24) is 14.5 Å². The van der Waals surface area contributed by atoms with Crippen LogP contribution < -0.4 is 9.47 Å². The molecule has 1 atom stereocenters. The molecule has 154 valence electrons. The highest BCUT2D eigenvalue weighted by atomic mass is 32.2. The van der Waals surface area contributed by atoms with E-state index in [-0.39, 0.29) is 10.9 Å². The van der Waals surface area contributed by atoms with Gasteiger partial charge in [0.15, 0.2) is 6.73 Å². The van der Waals surface area contributed by atoms with Gasteiger partial charge in [-0.15, -0.1) is 10.1 Å². The fourth-order valence-electron chi connectivity index (χ4n) is 3.02. The van der Waals surface area contributed by atoms with E-state index in [0.717, 1.165) is 11.1 Å². The molecule has 0 radical (unpaired) electrons. The van der Waals surface area contributed by atoms with Gasteiger partial charge in [-0.3, -0.25) is 18.6 Å². The molecule has 0 saturated heterocycles. The second-order valence-electron chi connectivity index (χ2n) is 6.19. The van der Waals surface area contributed by atoms with Crippen LogP contribution in [0.4, 0.5) is 0 Å². The third kappa shape index (κ3) is 4.14. The summed E-state index contributed by atoms with van der Waals surface area (Å²) in [5.41, 5.74) is 3.29. The van der Waals surface area contributed by atoms with E-state index in [1.54, 1.807) is 31.5 Å². The van der Waals surface area contributed by atoms with Crippen molar-refractivity contribution in [3.05, 3.63) is 51.3 Å². The number of pyridine rings is 1. The highest BCUT2D eigenvalue weighted by Gasteiger charge is 2.20. The van der Waals surface area contributed by atoms with Crippen LogP contribution in [0.2, 0.25) is 0 Å². The Balaban J connectivity index is 2.02. The number of nitrogens with zero attached hydrogens (tertiary/aromatic N) is 4. The summed E-state index contributed by atoms with van der Waals surface area (Å²) in [6.45, 7) is 3.29. The van der Waals surface area contributed by atoms with Crippen LogP contribution in [0.1, 0.15) is 16.8 Å². The number of methoxy groups -OCH3 is 2. The van der Waals surface area contributed by atoms with Gasteiger partial charge in [-0.1, -0.05) is 0 Å². The molecule has 0 aliphatic heterocycles. The molecule has 0 aliphatic carbocycles. The molecule has 0 amide bonds. The Kier molecular flexibility index (Phi) is 5.97. The molecule has 2 aromatic heterocycles. The lowest BCUT2D eigenvalue weighted by molar-refractivity contribution is -0.767. The zero-order valence-corrected chi connectivity index (χ0v) is 17.2. The Morgan fingerprint density at radius 2 is 2.00 bits per heavy atom. The lowest BCUT2D eigenvalue weighted by Crippen LogP contribution is -2.13. The van der Waals surface area contributed by atoms with Crippen molar-refractivity contribution in [3.8, 4) is 11.5 Å². The van der Waals surface area contributed by atoms with Gasteiger partial charge >= 0.3 is 0 Å². The van der Waals surface area contributed by atoms with Crippen LogP contribution in [-0.2, 0) is 28.1 Å². The molecule has 29 heavy (non-hydrogen) atoms. The normalized spacial score (nSPS) is 12.0. The first-order valence-electron chi connectivity index (χ1n) is 8.54. The van der Waals surface area contributed by atoms with Crippen LogP contribution in [0, 0.1) is 24.0 Å². The summed E-state index contributed by atoms with van der Waals surface area (Å²) in [5.74, 6) is 1.32. The Bertz CT molecular complexity index is 1100. The first-order valence-corrected chi connectivity index (χ1v) is 9.86. The molecule has 0 saturated carbocycles. The van der Waals surface area contributed by atoms with Crippen molar-refractivity contribution in [2.45, 2.75) is 31.5 Å². The quantitative estimate of drug-likeness (QED) is 0.403. The minimum absolute atomic E-state index is 0.0708.